The Bertz CT molecular complexity index is 917. The van der Waals surface area contributed by atoms with E-state index in [1.165, 1.54) is 167 Å². The van der Waals surface area contributed by atoms with Crippen molar-refractivity contribution >= 4 is 19.8 Å². The maximum Gasteiger partial charge on any atom is 0.472 e. The fraction of sp³-hybridized carbons (Fsp3) is 0.911. The summed E-state index contributed by atoms with van der Waals surface area (Å²) in [5, 5.41) is 0. The molecule has 0 rings (SSSR count). The van der Waals surface area contributed by atoms with Crippen LogP contribution in [0.3, 0.4) is 0 Å². The van der Waals surface area contributed by atoms with E-state index >= 15 is 0 Å². The van der Waals surface area contributed by atoms with Crippen LogP contribution in [-0.2, 0) is 32.7 Å². The number of rotatable bonds is 44. The average molecular weight is 802 g/mol. The van der Waals surface area contributed by atoms with Crippen molar-refractivity contribution in [3.8, 4) is 0 Å². The highest BCUT2D eigenvalue weighted by atomic mass is 31.2. The summed E-state index contributed by atoms with van der Waals surface area (Å²) in [4.78, 5) is 34.9. The van der Waals surface area contributed by atoms with Crippen molar-refractivity contribution in [2.24, 2.45) is 5.73 Å². The topological polar surface area (TPSA) is 134 Å². The zero-order valence-electron chi connectivity index (χ0n) is 35.9. The SMILES string of the molecule is CCCCCCCCC=CCCCCCCCCCCCCCC(=O)OC(COC(=O)CCCCCCCCCCCCCCC)COP(=O)(O)OCCN. The van der Waals surface area contributed by atoms with Crippen LogP contribution in [-0.4, -0.2) is 49.3 Å². The van der Waals surface area contributed by atoms with E-state index in [4.69, 9.17) is 24.3 Å². The van der Waals surface area contributed by atoms with E-state index in [9.17, 15) is 19.0 Å². The molecule has 326 valence electrons. The normalized spacial score (nSPS) is 13.3. The van der Waals surface area contributed by atoms with Gasteiger partial charge < -0.3 is 20.1 Å². The van der Waals surface area contributed by atoms with Crippen molar-refractivity contribution in [1.82, 2.24) is 0 Å². The van der Waals surface area contributed by atoms with Gasteiger partial charge in [-0.2, -0.15) is 0 Å². The molecule has 0 aromatic heterocycles. The van der Waals surface area contributed by atoms with E-state index in [2.05, 4.69) is 26.0 Å². The number of nitrogens with two attached hydrogens (primary N) is 1. The molecule has 2 atom stereocenters. The van der Waals surface area contributed by atoms with Crippen LogP contribution in [0.5, 0.6) is 0 Å². The third kappa shape index (κ3) is 42.2. The molecule has 2 unspecified atom stereocenters. The predicted octanol–water partition coefficient (Wildman–Crippen LogP) is 13.4. The summed E-state index contributed by atoms with van der Waals surface area (Å²) < 4.78 is 32.8. The third-order valence-electron chi connectivity index (χ3n) is 10.2. The van der Waals surface area contributed by atoms with Crippen molar-refractivity contribution in [2.45, 2.75) is 238 Å². The Morgan fingerprint density at radius 2 is 0.891 bits per heavy atom. The van der Waals surface area contributed by atoms with Gasteiger partial charge in [0, 0.05) is 19.4 Å². The van der Waals surface area contributed by atoms with Gasteiger partial charge in [0.2, 0.25) is 0 Å². The van der Waals surface area contributed by atoms with Crippen LogP contribution < -0.4 is 5.73 Å². The summed E-state index contributed by atoms with van der Waals surface area (Å²) in [6, 6.07) is 0. The van der Waals surface area contributed by atoms with Crippen molar-refractivity contribution in [3.05, 3.63) is 12.2 Å². The maximum atomic E-state index is 12.6. The monoisotopic (exact) mass is 802 g/mol. The van der Waals surface area contributed by atoms with Crippen molar-refractivity contribution in [2.75, 3.05) is 26.4 Å². The number of carbonyl (C=O) groups is 2. The van der Waals surface area contributed by atoms with Crippen LogP contribution in [0.2, 0.25) is 0 Å². The lowest BCUT2D eigenvalue weighted by Gasteiger charge is -2.19. The Kier molecular flexibility index (Phi) is 41.4. The van der Waals surface area contributed by atoms with Gasteiger partial charge in [-0.05, 0) is 38.5 Å². The van der Waals surface area contributed by atoms with Crippen LogP contribution in [0.4, 0.5) is 0 Å². The van der Waals surface area contributed by atoms with E-state index in [1.54, 1.807) is 0 Å². The van der Waals surface area contributed by atoms with Gasteiger partial charge in [0.15, 0.2) is 6.10 Å². The first-order valence-corrected chi connectivity index (χ1v) is 24.7. The number of ether oxygens (including phenoxy) is 2. The number of phosphoric acid groups is 1. The highest BCUT2D eigenvalue weighted by Crippen LogP contribution is 2.43. The van der Waals surface area contributed by atoms with E-state index < -0.39 is 26.5 Å². The molecule has 0 amide bonds. The number of hydrogen-bond acceptors (Lipinski definition) is 8. The van der Waals surface area contributed by atoms with Crippen LogP contribution in [0.1, 0.15) is 232 Å². The number of allylic oxidation sites excluding steroid dienone is 2. The maximum absolute atomic E-state index is 12.6. The van der Waals surface area contributed by atoms with Crippen LogP contribution in [0.25, 0.3) is 0 Å². The van der Waals surface area contributed by atoms with Gasteiger partial charge in [-0.25, -0.2) is 4.57 Å². The second-order valence-electron chi connectivity index (χ2n) is 15.6. The lowest BCUT2D eigenvalue weighted by molar-refractivity contribution is -0.161. The van der Waals surface area contributed by atoms with Gasteiger partial charge in [0.05, 0.1) is 13.2 Å². The molecule has 10 heteroatoms. The van der Waals surface area contributed by atoms with Crippen LogP contribution >= 0.6 is 7.82 Å². The minimum atomic E-state index is -4.37. The first-order valence-electron chi connectivity index (χ1n) is 23.2. The summed E-state index contributed by atoms with van der Waals surface area (Å²) in [7, 11) is -4.37. The number of esters is 2. The number of hydrogen-bond donors (Lipinski definition) is 2. The molecule has 0 aromatic rings. The van der Waals surface area contributed by atoms with E-state index in [0.29, 0.717) is 6.42 Å². The quantitative estimate of drug-likeness (QED) is 0.0267. The number of carbonyl (C=O) groups excluding carboxylic acids is 2. The molecule has 9 nitrogen and oxygen atoms in total. The molecule has 0 heterocycles. The predicted molar refractivity (Wildman–Crippen MR) is 229 cm³/mol. The molecular formula is C45H88NO8P. The Hall–Kier alpha value is -1.25. The molecule has 3 N–H and O–H groups in total. The fourth-order valence-electron chi connectivity index (χ4n) is 6.69. The first kappa shape index (κ1) is 53.8. The minimum absolute atomic E-state index is 0.0564. The fourth-order valence-corrected chi connectivity index (χ4v) is 7.45. The van der Waals surface area contributed by atoms with Gasteiger partial charge >= 0.3 is 19.8 Å². The second-order valence-corrected chi connectivity index (χ2v) is 17.1. The molecule has 0 spiro atoms. The first-order chi connectivity index (χ1) is 26.8. The summed E-state index contributed by atoms with van der Waals surface area (Å²) >= 11 is 0. The summed E-state index contributed by atoms with van der Waals surface area (Å²) in [5.41, 5.74) is 5.35. The Morgan fingerprint density at radius 3 is 1.29 bits per heavy atom. The molecule has 0 aliphatic heterocycles. The minimum Gasteiger partial charge on any atom is -0.462 e. The summed E-state index contributed by atoms with van der Waals surface area (Å²) in [6.45, 7) is 3.76. The number of phosphoric ester groups is 1. The zero-order chi connectivity index (χ0) is 40.3. The zero-order valence-corrected chi connectivity index (χ0v) is 36.8. The van der Waals surface area contributed by atoms with Crippen molar-refractivity contribution in [3.63, 3.8) is 0 Å². The average Bonchev–Trinajstić information content (AvgIpc) is 3.17. The molecule has 0 aliphatic rings. The van der Waals surface area contributed by atoms with Gasteiger partial charge in [0.25, 0.3) is 0 Å². The Labute approximate surface area is 339 Å². The lowest BCUT2D eigenvalue weighted by atomic mass is 10.0. The standard InChI is InChI=1S/C45H88NO8P/c1-3-5-7-9-11-13-15-17-18-19-20-21-22-23-24-26-28-30-32-34-36-38-45(48)54-43(42-53-55(49,50)52-40-39-46)41-51-44(47)37-35-33-31-29-27-25-16-14-12-10-8-6-4-2/h17-18,43H,3-16,19-42,46H2,1-2H3,(H,49,50). The van der Waals surface area contributed by atoms with Gasteiger partial charge in [-0.3, -0.25) is 18.6 Å². The van der Waals surface area contributed by atoms with E-state index in [0.717, 1.165) is 32.1 Å². The molecule has 0 aromatic carbocycles. The molecule has 0 fully saturated rings. The molecule has 0 saturated carbocycles. The van der Waals surface area contributed by atoms with Crippen LogP contribution in [0.15, 0.2) is 12.2 Å². The number of unbranched alkanes of at least 4 members (excludes halogenated alkanes) is 29. The Balaban J connectivity index is 4.05. The van der Waals surface area contributed by atoms with Crippen LogP contribution in [0, 0.1) is 0 Å². The molecular weight excluding hydrogens is 713 g/mol. The molecule has 0 radical (unpaired) electrons. The van der Waals surface area contributed by atoms with Gasteiger partial charge in [-0.15, -0.1) is 0 Å². The highest BCUT2D eigenvalue weighted by Gasteiger charge is 2.26. The van der Waals surface area contributed by atoms with E-state index in [-0.39, 0.29) is 38.6 Å². The van der Waals surface area contributed by atoms with Gasteiger partial charge in [-0.1, -0.05) is 193 Å². The van der Waals surface area contributed by atoms with E-state index in [1.807, 2.05) is 0 Å². The third-order valence-corrected chi connectivity index (χ3v) is 11.1. The molecule has 55 heavy (non-hydrogen) atoms. The smallest absolute Gasteiger partial charge is 0.462 e. The lowest BCUT2D eigenvalue weighted by Crippen LogP contribution is -2.29. The molecule has 0 saturated heterocycles. The molecule has 0 aliphatic carbocycles. The van der Waals surface area contributed by atoms with Crippen molar-refractivity contribution < 1.29 is 37.6 Å². The molecule has 0 bridgehead atoms. The van der Waals surface area contributed by atoms with Crippen molar-refractivity contribution in [1.29, 1.82) is 0 Å². The van der Waals surface area contributed by atoms with Gasteiger partial charge in [0.1, 0.15) is 6.61 Å². The highest BCUT2D eigenvalue weighted by molar-refractivity contribution is 7.47. The summed E-state index contributed by atoms with van der Waals surface area (Å²) in [6.07, 6.45) is 43.8. The Morgan fingerprint density at radius 1 is 0.527 bits per heavy atom. The second kappa shape index (κ2) is 42.4. The largest absolute Gasteiger partial charge is 0.472 e. The summed E-state index contributed by atoms with van der Waals surface area (Å²) in [5.74, 6) is -0.817.